The lowest BCUT2D eigenvalue weighted by Crippen LogP contribution is -2.41. The number of hydrogen-bond donors (Lipinski definition) is 0. The zero-order chi connectivity index (χ0) is 19.0. The second-order valence-corrected chi connectivity index (χ2v) is 6.52. The van der Waals surface area contributed by atoms with Crippen molar-refractivity contribution in [1.29, 1.82) is 0 Å². The van der Waals surface area contributed by atoms with Gasteiger partial charge in [0.15, 0.2) is 0 Å². The van der Waals surface area contributed by atoms with E-state index in [1.54, 1.807) is 34.1 Å². The van der Waals surface area contributed by atoms with Gasteiger partial charge in [-0.05, 0) is 43.2 Å². The third-order valence-corrected chi connectivity index (χ3v) is 4.76. The highest BCUT2D eigenvalue weighted by molar-refractivity contribution is 5.94. The van der Waals surface area contributed by atoms with E-state index in [1.807, 2.05) is 0 Å². The summed E-state index contributed by atoms with van der Waals surface area (Å²) in [5.41, 5.74) is 0.540. The maximum atomic E-state index is 12.9. The average molecular weight is 375 g/mol. The van der Waals surface area contributed by atoms with Crippen molar-refractivity contribution in [1.82, 2.24) is 24.9 Å². The van der Waals surface area contributed by atoms with Crippen LogP contribution in [0, 0.1) is 0 Å². The van der Waals surface area contributed by atoms with E-state index in [9.17, 15) is 18.0 Å². The van der Waals surface area contributed by atoms with Gasteiger partial charge < -0.3 is 4.90 Å². The van der Waals surface area contributed by atoms with Gasteiger partial charge in [-0.2, -0.15) is 13.2 Å². The number of aromatic nitrogens is 4. The summed E-state index contributed by atoms with van der Waals surface area (Å²) in [5, 5.41) is 7.96. The molecule has 0 aliphatic carbocycles. The summed E-state index contributed by atoms with van der Waals surface area (Å²) in [6.07, 6.45) is 0.273. The Kier molecular flexibility index (Phi) is 4.29. The lowest BCUT2D eigenvalue weighted by molar-refractivity contribution is -0.137. The van der Waals surface area contributed by atoms with Crippen molar-refractivity contribution in [2.45, 2.75) is 25.1 Å². The number of pyridine rings is 1. The van der Waals surface area contributed by atoms with Gasteiger partial charge in [-0.15, -0.1) is 5.10 Å². The smallest absolute Gasteiger partial charge is 0.336 e. The van der Waals surface area contributed by atoms with Crippen molar-refractivity contribution >= 4 is 16.9 Å². The lowest BCUT2D eigenvalue weighted by Gasteiger charge is -2.33. The van der Waals surface area contributed by atoms with E-state index in [0.717, 1.165) is 25.0 Å². The first kappa shape index (κ1) is 17.4. The van der Waals surface area contributed by atoms with Crippen molar-refractivity contribution in [3.63, 3.8) is 0 Å². The van der Waals surface area contributed by atoms with Crippen LogP contribution in [-0.4, -0.2) is 43.9 Å². The predicted octanol–water partition coefficient (Wildman–Crippen LogP) is 3.32. The van der Waals surface area contributed by atoms with Crippen molar-refractivity contribution in [2.75, 3.05) is 13.1 Å². The largest absolute Gasteiger partial charge is 0.416 e. The third-order valence-electron chi connectivity index (χ3n) is 4.76. The van der Waals surface area contributed by atoms with Crippen LogP contribution in [0.4, 0.5) is 13.2 Å². The molecule has 0 spiro atoms. The summed E-state index contributed by atoms with van der Waals surface area (Å²) in [6, 6.07) is 6.62. The van der Waals surface area contributed by atoms with E-state index in [4.69, 9.17) is 0 Å². The van der Waals surface area contributed by atoms with Crippen molar-refractivity contribution in [3.8, 4) is 0 Å². The number of piperidine rings is 1. The third kappa shape index (κ3) is 3.36. The van der Waals surface area contributed by atoms with Crippen LogP contribution >= 0.6 is 0 Å². The van der Waals surface area contributed by atoms with E-state index >= 15 is 0 Å². The Balaban J connectivity index is 1.59. The highest BCUT2D eigenvalue weighted by atomic mass is 19.4. The Labute approximate surface area is 152 Å². The molecular formula is C18H16F3N5O. The van der Waals surface area contributed by atoms with E-state index in [-0.39, 0.29) is 17.5 Å². The molecule has 1 unspecified atom stereocenters. The summed E-state index contributed by atoms with van der Waals surface area (Å²) in [5.74, 6) is -0.0918. The molecule has 0 saturated carbocycles. The molecule has 1 atom stereocenters. The monoisotopic (exact) mass is 375 g/mol. The number of carbonyl (C=O) groups excluding carboxylic acids is 1. The van der Waals surface area contributed by atoms with Gasteiger partial charge in [0.1, 0.15) is 5.52 Å². The number of hydrogen-bond acceptors (Lipinski definition) is 4. The Morgan fingerprint density at radius 1 is 1.15 bits per heavy atom. The number of halogens is 3. The van der Waals surface area contributed by atoms with Crippen LogP contribution < -0.4 is 0 Å². The normalized spacial score (nSPS) is 18.0. The van der Waals surface area contributed by atoms with Gasteiger partial charge in [-0.25, -0.2) is 4.68 Å². The molecule has 3 heterocycles. The van der Waals surface area contributed by atoms with Crippen LogP contribution in [-0.2, 0) is 6.18 Å². The van der Waals surface area contributed by atoms with Gasteiger partial charge in [-0.3, -0.25) is 9.78 Å². The van der Waals surface area contributed by atoms with Gasteiger partial charge in [0.05, 0.1) is 17.1 Å². The predicted molar refractivity (Wildman–Crippen MR) is 90.9 cm³/mol. The molecule has 0 N–H and O–H groups in total. The van der Waals surface area contributed by atoms with Gasteiger partial charge in [0.25, 0.3) is 5.91 Å². The van der Waals surface area contributed by atoms with Gasteiger partial charge >= 0.3 is 6.18 Å². The maximum absolute atomic E-state index is 12.9. The first-order valence-corrected chi connectivity index (χ1v) is 8.55. The van der Waals surface area contributed by atoms with Crippen LogP contribution in [0.1, 0.15) is 34.8 Å². The van der Waals surface area contributed by atoms with Crippen LogP contribution in [0.25, 0.3) is 11.0 Å². The molecule has 140 valence electrons. The van der Waals surface area contributed by atoms with E-state index in [0.29, 0.717) is 24.2 Å². The number of fused-ring (bicyclic) bond motifs is 1. The number of alkyl halides is 3. The molecule has 6 nitrogen and oxygen atoms in total. The number of rotatable bonds is 2. The van der Waals surface area contributed by atoms with E-state index < -0.39 is 11.7 Å². The van der Waals surface area contributed by atoms with Gasteiger partial charge in [-0.1, -0.05) is 5.21 Å². The maximum Gasteiger partial charge on any atom is 0.416 e. The molecule has 1 fully saturated rings. The summed E-state index contributed by atoms with van der Waals surface area (Å²) >= 11 is 0. The molecule has 0 bridgehead atoms. The van der Waals surface area contributed by atoms with Crippen LogP contribution in [0.5, 0.6) is 0 Å². The Hall–Kier alpha value is -2.97. The molecule has 9 heteroatoms. The zero-order valence-corrected chi connectivity index (χ0v) is 14.2. The van der Waals surface area contributed by atoms with Crippen molar-refractivity contribution in [3.05, 3.63) is 53.9 Å². The second kappa shape index (κ2) is 6.64. The number of amides is 1. The fraction of sp³-hybridized carbons (Fsp3) is 0.333. The quantitative estimate of drug-likeness (QED) is 0.689. The van der Waals surface area contributed by atoms with Crippen molar-refractivity contribution < 1.29 is 18.0 Å². The summed E-state index contributed by atoms with van der Waals surface area (Å²) in [7, 11) is 0. The summed E-state index contributed by atoms with van der Waals surface area (Å²) < 4.78 is 40.3. The molecule has 1 aliphatic rings. The molecule has 27 heavy (non-hydrogen) atoms. The molecule has 3 aromatic rings. The van der Waals surface area contributed by atoms with Crippen molar-refractivity contribution in [2.24, 2.45) is 0 Å². The van der Waals surface area contributed by atoms with Crippen LogP contribution in [0.3, 0.4) is 0 Å². The van der Waals surface area contributed by atoms with Crippen LogP contribution in [0.2, 0.25) is 0 Å². The number of carbonyl (C=O) groups is 1. The highest BCUT2D eigenvalue weighted by Gasteiger charge is 2.32. The molecule has 2 aromatic heterocycles. The standard InChI is InChI=1S/C18H16F3N5O/c19-18(20,21)13-3-4-16-15(10-13)23-24-26(16)14-2-1-9-25(11-14)17(27)12-5-7-22-8-6-12/h3-8,10,14H,1-2,9,11H2. The first-order valence-electron chi connectivity index (χ1n) is 8.55. The number of likely N-dealkylation sites (tertiary alicyclic amines) is 1. The Morgan fingerprint density at radius 3 is 2.67 bits per heavy atom. The minimum absolute atomic E-state index is 0.0918. The number of nitrogens with zero attached hydrogens (tertiary/aromatic N) is 5. The molecular weight excluding hydrogens is 359 g/mol. The minimum Gasteiger partial charge on any atom is -0.336 e. The Bertz CT molecular complexity index is 970. The fourth-order valence-corrected chi connectivity index (χ4v) is 3.40. The fourth-order valence-electron chi connectivity index (χ4n) is 3.40. The molecule has 1 saturated heterocycles. The zero-order valence-electron chi connectivity index (χ0n) is 14.2. The topological polar surface area (TPSA) is 63.9 Å². The lowest BCUT2D eigenvalue weighted by atomic mass is 10.0. The second-order valence-electron chi connectivity index (χ2n) is 6.52. The molecule has 1 aromatic carbocycles. The van der Waals surface area contributed by atoms with E-state index in [2.05, 4.69) is 15.3 Å². The van der Waals surface area contributed by atoms with E-state index in [1.165, 1.54) is 6.07 Å². The molecule has 4 rings (SSSR count). The molecule has 1 aliphatic heterocycles. The van der Waals surface area contributed by atoms with Gasteiger partial charge in [0.2, 0.25) is 0 Å². The average Bonchev–Trinajstić information content (AvgIpc) is 3.11. The molecule has 0 radical (unpaired) electrons. The SMILES string of the molecule is O=C(c1ccncc1)N1CCCC(n2nnc3cc(C(F)(F)F)ccc32)C1. The minimum atomic E-state index is -4.42. The van der Waals surface area contributed by atoms with Crippen LogP contribution in [0.15, 0.2) is 42.7 Å². The summed E-state index contributed by atoms with van der Waals surface area (Å²) in [4.78, 5) is 18.3. The number of benzene rings is 1. The highest BCUT2D eigenvalue weighted by Crippen LogP contribution is 2.32. The first-order chi connectivity index (χ1) is 12.9. The summed E-state index contributed by atoms with van der Waals surface area (Å²) in [6.45, 7) is 1.06. The Morgan fingerprint density at radius 2 is 1.93 bits per heavy atom. The van der Waals surface area contributed by atoms with Gasteiger partial charge in [0, 0.05) is 31.0 Å². The molecule has 1 amide bonds.